The van der Waals surface area contributed by atoms with Gasteiger partial charge in [-0.2, -0.15) is 12.7 Å². The minimum absolute atomic E-state index is 0.0792. The molecule has 1 heterocycles. The van der Waals surface area contributed by atoms with E-state index in [0.29, 0.717) is 18.8 Å². The summed E-state index contributed by atoms with van der Waals surface area (Å²) in [6.07, 6.45) is 2.77. The van der Waals surface area contributed by atoms with Gasteiger partial charge in [-0.3, -0.25) is 4.72 Å². The van der Waals surface area contributed by atoms with Crippen LogP contribution in [-0.4, -0.2) is 38.0 Å². The second-order valence-corrected chi connectivity index (χ2v) is 6.09. The molecule has 0 radical (unpaired) electrons. The largest absolute Gasteiger partial charge is 0.506 e. The van der Waals surface area contributed by atoms with Crippen molar-refractivity contribution < 1.29 is 18.3 Å². The van der Waals surface area contributed by atoms with E-state index in [9.17, 15) is 13.5 Å². The summed E-state index contributed by atoms with van der Waals surface area (Å²) < 4.78 is 33.3. The first-order chi connectivity index (χ1) is 9.04. The van der Waals surface area contributed by atoms with Crippen LogP contribution in [0.2, 0.25) is 0 Å². The number of benzene rings is 1. The van der Waals surface area contributed by atoms with Gasteiger partial charge in [-0.15, -0.1) is 0 Å². The fourth-order valence-corrected chi connectivity index (χ4v) is 3.42. The zero-order valence-electron chi connectivity index (χ0n) is 10.8. The van der Waals surface area contributed by atoms with Crippen LogP contribution in [0.3, 0.4) is 0 Å². The average Bonchev–Trinajstić information content (AvgIpc) is 2.42. The first kappa shape index (κ1) is 14.0. The van der Waals surface area contributed by atoms with Gasteiger partial charge in [-0.1, -0.05) is 12.5 Å². The lowest BCUT2D eigenvalue weighted by atomic mass is 10.2. The number of hydrogen-bond donors (Lipinski definition) is 2. The van der Waals surface area contributed by atoms with Gasteiger partial charge in [0.05, 0.1) is 7.11 Å². The summed E-state index contributed by atoms with van der Waals surface area (Å²) in [6, 6.07) is 4.59. The van der Waals surface area contributed by atoms with Crippen molar-refractivity contribution in [1.29, 1.82) is 0 Å². The molecule has 106 valence electrons. The number of piperidine rings is 1. The molecule has 2 N–H and O–H groups in total. The Morgan fingerprint density at radius 1 is 1.26 bits per heavy atom. The number of hydrogen-bond acceptors (Lipinski definition) is 4. The van der Waals surface area contributed by atoms with Crippen LogP contribution in [-0.2, 0) is 10.2 Å². The number of aromatic hydroxyl groups is 1. The first-order valence-corrected chi connectivity index (χ1v) is 7.62. The van der Waals surface area contributed by atoms with E-state index < -0.39 is 10.2 Å². The van der Waals surface area contributed by atoms with E-state index in [0.717, 1.165) is 19.3 Å². The van der Waals surface area contributed by atoms with Crippen LogP contribution >= 0.6 is 0 Å². The van der Waals surface area contributed by atoms with Crippen molar-refractivity contribution in [3.05, 3.63) is 18.2 Å². The number of rotatable bonds is 4. The molecule has 1 aliphatic heterocycles. The van der Waals surface area contributed by atoms with Crippen molar-refractivity contribution in [2.45, 2.75) is 19.3 Å². The molecule has 19 heavy (non-hydrogen) atoms. The maximum atomic E-state index is 12.2. The van der Waals surface area contributed by atoms with Gasteiger partial charge in [-0.05, 0) is 25.0 Å². The van der Waals surface area contributed by atoms with E-state index >= 15 is 0 Å². The Kier molecular flexibility index (Phi) is 4.16. The number of para-hydroxylation sites is 1. The van der Waals surface area contributed by atoms with Gasteiger partial charge >= 0.3 is 10.2 Å². The lowest BCUT2D eigenvalue weighted by Crippen LogP contribution is -2.39. The molecule has 1 fully saturated rings. The van der Waals surface area contributed by atoms with Crippen LogP contribution < -0.4 is 9.46 Å². The van der Waals surface area contributed by atoms with Crippen molar-refractivity contribution in [3.8, 4) is 11.5 Å². The molecular weight excluding hydrogens is 268 g/mol. The minimum atomic E-state index is -3.65. The highest BCUT2D eigenvalue weighted by Crippen LogP contribution is 2.34. The van der Waals surface area contributed by atoms with E-state index in [1.54, 1.807) is 12.1 Å². The van der Waals surface area contributed by atoms with E-state index in [1.807, 2.05) is 0 Å². The Morgan fingerprint density at radius 2 is 1.95 bits per heavy atom. The van der Waals surface area contributed by atoms with Crippen LogP contribution in [0.5, 0.6) is 11.5 Å². The maximum absolute atomic E-state index is 12.2. The van der Waals surface area contributed by atoms with E-state index in [1.165, 1.54) is 17.5 Å². The van der Waals surface area contributed by atoms with Crippen LogP contribution in [0.25, 0.3) is 0 Å². The molecule has 0 unspecified atom stereocenters. The summed E-state index contributed by atoms with van der Waals surface area (Å²) in [5.41, 5.74) is 0.0792. The molecule has 0 amide bonds. The third-order valence-corrected chi connectivity index (χ3v) is 4.62. The number of ether oxygens (including phenoxy) is 1. The fourth-order valence-electron chi connectivity index (χ4n) is 2.09. The molecule has 1 aromatic rings. The average molecular weight is 286 g/mol. The third-order valence-electron chi connectivity index (χ3n) is 3.11. The van der Waals surface area contributed by atoms with Crippen molar-refractivity contribution in [2.24, 2.45) is 0 Å². The second-order valence-electron chi connectivity index (χ2n) is 4.42. The van der Waals surface area contributed by atoms with Crippen molar-refractivity contribution >= 4 is 15.9 Å². The fraction of sp³-hybridized carbons (Fsp3) is 0.500. The van der Waals surface area contributed by atoms with E-state index in [-0.39, 0.29) is 11.4 Å². The molecule has 0 bridgehead atoms. The summed E-state index contributed by atoms with van der Waals surface area (Å²) in [5, 5.41) is 9.76. The Balaban J connectivity index is 2.24. The highest BCUT2D eigenvalue weighted by Gasteiger charge is 2.25. The number of nitrogens with zero attached hydrogens (tertiary/aromatic N) is 1. The van der Waals surface area contributed by atoms with Crippen LogP contribution in [0.4, 0.5) is 5.69 Å². The maximum Gasteiger partial charge on any atom is 0.301 e. The monoisotopic (exact) mass is 286 g/mol. The van der Waals surface area contributed by atoms with E-state index in [2.05, 4.69) is 4.72 Å². The topological polar surface area (TPSA) is 78.9 Å². The molecule has 1 aliphatic rings. The molecule has 2 rings (SSSR count). The Bertz CT molecular complexity index is 539. The van der Waals surface area contributed by atoms with Gasteiger partial charge in [-0.25, -0.2) is 0 Å². The van der Waals surface area contributed by atoms with Gasteiger partial charge in [0, 0.05) is 13.1 Å². The van der Waals surface area contributed by atoms with Crippen LogP contribution in [0, 0.1) is 0 Å². The molecule has 0 aliphatic carbocycles. The molecule has 1 aromatic carbocycles. The zero-order chi connectivity index (χ0) is 13.9. The lowest BCUT2D eigenvalue weighted by molar-refractivity contribution is 0.348. The van der Waals surface area contributed by atoms with Crippen molar-refractivity contribution in [2.75, 3.05) is 24.9 Å². The Morgan fingerprint density at radius 3 is 2.58 bits per heavy atom. The highest BCUT2D eigenvalue weighted by atomic mass is 32.2. The smallest absolute Gasteiger partial charge is 0.301 e. The third kappa shape index (κ3) is 3.10. The summed E-state index contributed by atoms with van der Waals surface area (Å²) in [5.74, 6) is 0.139. The highest BCUT2D eigenvalue weighted by molar-refractivity contribution is 7.90. The lowest BCUT2D eigenvalue weighted by Gasteiger charge is -2.26. The molecule has 1 saturated heterocycles. The number of methoxy groups -OCH3 is 1. The van der Waals surface area contributed by atoms with Crippen molar-refractivity contribution in [1.82, 2.24) is 4.31 Å². The SMILES string of the molecule is COc1cccc(O)c1NS(=O)(=O)N1CCCCC1. The molecule has 0 saturated carbocycles. The van der Waals surface area contributed by atoms with Crippen LogP contribution in [0.15, 0.2) is 18.2 Å². The number of phenolic OH excluding ortho intramolecular Hbond substituents is 1. The summed E-state index contributed by atoms with van der Waals surface area (Å²) >= 11 is 0. The minimum Gasteiger partial charge on any atom is -0.506 e. The number of anilines is 1. The second kappa shape index (κ2) is 5.66. The number of nitrogens with one attached hydrogen (secondary N) is 1. The summed E-state index contributed by atoms with van der Waals surface area (Å²) in [4.78, 5) is 0. The zero-order valence-corrected chi connectivity index (χ0v) is 11.6. The predicted octanol–water partition coefficient (Wildman–Crippen LogP) is 1.54. The molecule has 6 nitrogen and oxygen atoms in total. The summed E-state index contributed by atoms with van der Waals surface area (Å²) in [6.45, 7) is 1.01. The van der Waals surface area contributed by atoms with Gasteiger partial charge in [0.1, 0.15) is 17.2 Å². The number of phenols is 1. The molecular formula is C12H18N2O4S. The van der Waals surface area contributed by atoms with Gasteiger partial charge in [0.2, 0.25) is 0 Å². The Hall–Kier alpha value is -1.47. The molecule has 0 atom stereocenters. The molecule has 0 spiro atoms. The van der Waals surface area contributed by atoms with Crippen molar-refractivity contribution in [3.63, 3.8) is 0 Å². The standard InChI is InChI=1S/C12H18N2O4S/c1-18-11-7-5-6-10(15)12(11)13-19(16,17)14-8-3-2-4-9-14/h5-7,13,15H,2-4,8-9H2,1H3. The predicted molar refractivity (Wildman–Crippen MR) is 72.6 cm³/mol. The van der Waals surface area contributed by atoms with Gasteiger partial charge in [0.15, 0.2) is 0 Å². The molecule has 7 heteroatoms. The van der Waals surface area contributed by atoms with Crippen LogP contribution in [0.1, 0.15) is 19.3 Å². The van der Waals surface area contributed by atoms with Gasteiger partial charge in [0.25, 0.3) is 0 Å². The van der Waals surface area contributed by atoms with Gasteiger partial charge < -0.3 is 9.84 Å². The van der Waals surface area contributed by atoms with E-state index in [4.69, 9.17) is 4.74 Å². The molecule has 0 aromatic heterocycles. The first-order valence-electron chi connectivity index (χ1n) is 6.18. The Labute approximate surface area is 113 Å². The quantitative estimate of drug-likeness (QED) is 0.823. The normalized spacial score (nSPS) is 17.1. The summed E-state index contributed by atoms with van der Waals surface area (Å²) in [7, 11) is -2.22.